The molecule has 1 heterocycles. The molecule has 0 unspecified atom stereocenters. The lowest BCUT2D eigenvalue weighted by molar-refractivity contribution is -0.118. The second kappa shape index (κ2) is 12.1. The van der Waals surface area contributed by atoms with Crippen molar-refractivity contribution in [2.24, 2.45) is 0 Å². The van der Waals surface area contributed by atoms with Crippen molar-refractivity contribution in [3.05, 3.63) is 47.0 Å². The Morgan fingerprint density at radius 2 is 1.82 bits per heavy atom. The van der Waals surface area contributed by atoms with Crippen LogP contribution in [0.1, 0.15) is 33.3 Å². The summed E-state index contributed by atoms with van der Waals surface area (Å²) in [5, 5.41) is 1.79. The van der Waals surface area contributed by atoms with Crippen LogP contribution in [0.15, 0.2) is 41.3 Å². The van der Waals surface area contributed by atoms with Crippen LogP contribution in [-0.4, -0.2) is 54.3 Å². The number of carbonyl (C=O) groups excluding carboxylic acids is 1. The molecule has 3 rings (SSSR count). The minimum atomic E-state index is 0.0283. The summed E-state index contributed by atoms with van der Waals surface area (Å²) < 4.78 is 6.31. The van der Waals surface area contributed by atoms with E-state index in [-0.39, 0.29) is 5.91 Å². The van der Waals surface area contributed by atoms with Crippen molar-refractivity contribution in [2.45, 2.75) is 44.3 Å². The fourth-order valence-corrected chi connectivity index (χ4v) is 5.69. The molecular formula is C25H32ClN3O2S2. The van der Waals surface area contributed by atoms with Crippen LogP contribution in [0.5, 0.6) is 5.75 Å². The molecule has 0 radical (unpaired) electrons. The number of methoxy groups -OCH3 is 1. The molecule has 0 fully saturated rings. The van der Waals surface area contributed by atoms with Crippen LogP contribution in [-0.2, 0) is 11.2 Å². The Morgan fingerprint density at radius 1 is 1.12 bits per heavy atom. The lowest BCUT2D eigenvalue weighted by Gasteiger charge is -2.24. The van der Waals surface area contributed by atoms with Gasteiger partial charge in [0.05, 0.1) is 23.3 Å². The average Bonchev–Trinajstić information content (AvgIpc) is 3.24. The Labute approximate surface area is 210 Å². The van der Waals surface area contributed by atoms with Crippen LogP contribution in [0.2, 0.25) is 5.02 Å². The third-order valence-corrected chi connectivity index (χ3v) is 7.94. The number of ether oxygens (including phenoxy) is 1. The summed E-state index contributed by atoms with van der Waals surface area (Å²) >= 11 is 9.69. The van der Waals surface area contributed by atoms with Crippen molar-refractivity contribution < 1.29 is 9.53 Å². The van der Waals surface area contributed by atoms with Crippen LogP contribution in [0.4, 0.5) is 5.13 Å². The molecule has 3 aromatic rings. The second-order valence-corrected chi connectivity index (χ2v) is 11.0. The average molecular weight is 506 g/mol. The SMILES string of the molecule is CCN(CC)CCN(C(=O)Cc1ccc(SC(C)C)cc1)c1nc2c(OC)ccc(Cl)c2s1. The minimum Gasteiger partial charge on any atom is -0.494 e. The number of halogens is 1. The summed E-state index contributed by atoms with van der Waals surface area (Å²) in [5.41, 5.74) is 1.69. The maximum atomic E-state index is 13.5. The Hall–Kier alpha value is -1.80. The Morgan fingerprint density at radius 3 is 2.42 bits per heavy atom. The molecule has 0 aliphatic carbocycles. The van der Waals surface area contributed by atoms with E-state index in [0.717, 1.165) is 29.9 Å². The third kappa shape index (κ3) is 6.63. The van der Waals surface area contributed by atoms with Gasteiger partial charge in [0.15, 0.2) is 5.13 Å². The zero-order valence-corrected chi connectivity index (χ0v) is 22.3. The smallest absolute Gasteiger partial charge is 0.233 e. The molecule has 5 nitrogen and oxygen atoms in total. The first kappa shape index (κ1) is 25.8. The summed E-state index contributed by atoms with van der Waals surface area (Å²) in [7, 11) is 1.62. The first-order chi connectivity index (χ1) is 15.9. The van der Waals surface area contributed by atoms with Gasteiger partial charge in [-0.2, -0.15) is 0 Å². The quantitative estimate of drug-likeness (QED) is 0.283. The van der Waals surface area contributed by atoms with Crippen molar-refractivity contribution in [1.29, 1.82) is 0 Å². The number of anilines is 1. The van der Waals surface area contributed by atoms with Gasteiger partial charge in [0.2, 0.25) is 5.91 Å². The van der Waals surface area contributed by atoms with E-state index in [0.29, 0.717) is 39.6 Å². The molecule has 8 heteroatoms. The van der Waals surface area contributed by atoms with Gasteiger partial charge in [-0.15, -0.1) is 11.8 Å². The lowest BCUT2D eigenvalue weighted by Crippen LogP contribution is -2.39. The van der Waals surface area contributed by atoms with Crippen molar-refractivity contribution >= 4 is 56.0 Å². The van der Waals surface area contributed by atoms with Crippen LogP contribution in [0.25, 0.3) is 10.2 Å². The Balaban J connectivity index is 1.88. The van der Waals surface area contributed by atoms with Gasteiger partial charge < -0.3 is 9.64 Å². The normalized spacial score (nSPS) is 11.5. The molecule has 0 aliphatic heterocycles. The molecule has 1 amide bonds. The molecule has 0 aliphatic rings. The number of rotatable bonds is 11. The molecule has 0 atom stereocenters. The summed E-state index contributed by atoms with van der Waals surface area (Å²) in [6, 6.07) is 11.9. The number of aromatic nitrogens is 1. The molecule has 0 saturated carbocycles. The molecule has 2 aromatic carbocycles. The number of fused-ring (bicyclic) bond motifs is 1. The number of nitrogens with zero attached hydrogens (tertiary/aromatic N) is 3. The predicted molar refractivity (Wildman–Crippen MR) is 142 cm³/mol. The van der Waals surface area contributed by atoms with Gasteiger partial charge in [0, 0.05) is 23.2 Å². The zero-order chi connectivity index (χ0) is 24.0. The van der Waals surface area contributed by atoms with Crippen molar-refractivity contribution in [3.63, 3.8) is 0 Å². The zero-order valence-electron chi connectivity index (χ0n) is 19.9. The largest absolute Gasteiger partial charge is 0.494 e. The van der Waals surface area contributed by atoms with Crippen molar-refractivity contribution in [1.82, 2.24) is 9.88 Å². The van der Waals surface area contributed by atoms with Crippen LogP contribution in [0, 0.1) is 0 Å². The number of hydrogen-bond acceptors (Lipinski definition) is 6. The monoisotopic (exact) mass is 505 g/mol. The first-order valence-electron chi connectivity index (χ1n) is 11.3. The number of hydrogen-bond donors (Lipinski definition) is 0. The van der Waals surface area contributed by atoms with Crippen molar-refractivity contribution in [2.75, 3.05) is 38.2 Å². The summed E-state index contributed by atoms with van der Waals surface area (Å²) in [5.74, 6) is 0.687. The molecule has 178 valence electrons. The standard InChI is InChI=1S/C25H32ClN3O2S2/c1-6-28(7-2)14-15-29(22(30)16-18-8-10-19(11-9-18)32-17(3)4)25-27-23-21(31-5)13-12-20(26)24(23)33-25/h8-13,17H,6-7,14-16H2,1-5H3. The van der Waals surface area contributed by atoms with Crippen molar-refractivity contribution in [3.8, 4) is 5.75 Å². The first-order valence-corrected chi connectivity index (χ1v) is 13.3. The number of carbonyl (C=O) groups is 1. The summed E-state index contributed by atoms with van der Waals surface area (Å²) in [4.78, 5) is 23.6. The van der Waals surface area contributed by atoms with E-state index in [4.69, 9.17) is 21.3 Å². The molecule has 0 spiro atoms. The predicted octanol–water partition coefficient (Wildman–Crippen LogP) is 6.38. The second-order valence-electron chi connectivity index (χ2n) is 7.98. The van der Waals surface area contributed by atoms with Gasteiger partial charge in [-0.3, -0.25) is 9.69 Å². The number of amides is 1. The maximum Gasteiger partial charge on any atom is 0.233 e. The molecule has 1 aromatic heterocycles. The van der Waals surface area contributed by atoms with E-state index in [1.807, 2.05) is 36.0 Å². The van der Waals surface area contributed by atoms with Gasteiger partial charge in [-0.05, 0) is 42.9 Å². The van der Waals surface area contributed by atoms with E-state index in [2.05, 4.69) is 44.7 Å². The lowest BCUT2D eigenvalue weighted by atomic mass is 10.1. The van der Waals surface area contributed by atoms with Gasteiger partial charge in [-0.1, -0.05) is 62.8 Å². The number of likely N-dealkylation sites (N-methyl/N-ethyl adjacent to an activating group) is 1. The fourth-order valence-electron chi connectivity index (χ4n) is 3.56. The number of thioether (sulfide) groups is 1. The molecule has 0 N–H and O–H groups in total. The van der Waals surface area contributed by atoms with E-state index >= 15 is 0 Å². The van der Waals surface area contributed by atoms with E-state index in [1.54, 1.807) is 12.0 Å². The maximum absolute atomic E-state index is 13.5. The molecular weight excluding hydrogens is 474 g/mol. The fraction of sp³-hybridized carbons (Fsp3) is 0.440. The van der Waals surface area contributed by atoms with E-state index in [1.165, 1.54) is 16.2 Å². The van der Waals surface area contributed by atoms with Crippen LogP contribution >= 0.6 is 34.7 Å². The van der Waals surface area contributed by atoms with Gasteiger partial charge >= 0.3 is 0 Å². The van der Waals surface area contributed by atoms with E-state index in [9.17, 15) is 4.79 Å². The van der Waals surface area contributed by atoms with Crippen LogP contribution in [0.3, 0.4) is 0 Å². The molecule has 0 saturated heterocycles. The Kier molecular flexibility index (Phi) is 9.44. The molecule has 33 heavy (non-hydrogen) atoms. The van der Waals surface area contributed by atoms with E-state index < -0.39 is 0 Å². The number of thiazole rings is 1. The highest BCUT2D eigenvalue weighted by molar-refractivity contribution is 7.99. The summed E-state index contributed by atoms with van der Waals surface area (Å²) in [6.45, 7) is 11.8. The summed E-state index contributed by atoms with van der Waals surface area (Å²) in [6.07, 6.45) is 0.325. The molecule has 0 bridgehead atoms. The minimum absolute atomic E-state index is 0.0283. The van der Waals surface area contributed by atoms with Gasteiger partial charge in [-0.25, -0.2) is 4.98 Å². The van der Waals surface area contributed by atoms with Crippen LogP contribution < -0.4 is 9.64 Å². The highest BCUT2D eigenvalue weighted by atomic mass is 35.5. The van der Waals surface area contributed by atoms with Gasteiger partial charge in [0.25, 0.3) is 0 Å². The Bertz CT molecular complexity index is 1070. The van der Waals surface area contributed by atoms with Gasteiger partial charge in [0.1, 0.15) is 11.3 Å². The highest BCUT2D eigenvalue weighted by Crippen LogP contribution is 2.38. The highest BCUT2D eigenvalue weighted by Gasteiger charge is 2.23. The number of benzene rings is 2. The third-order valence-electron chi connectivity index (χ3n) is 5.38. The topological polar surface area (TPSA) is 45.7 Å².